The molecule has 6 heteroatoms. The van der Waals surface area contributed by atoms with Gasteiger partial charge in [-0.1, -0.05) is 11.6 Å². The van der Waals surface area contributed by atoms with Gasteiger partial charge in [0.2, 0.25) is 0 Å². The van der Waals surface area contributed by atoms with Gasteiger partial charge in [0, 0.05) is 41.8 Å². The first-order chi connectivity index (χ1) is 13.2. The van der Waals surface area contributed by atoms with Gasteiger partial charge in [-0.3, -0.25) is 4.90 Å². The summed E-state index contributed by atoms with van der Waals surface area (Å²) in [6, 6.07) is 16.3. The van der Waals surface area contributed by atoms with E-state index in [1.807, 2.05) is 48.2 Å². The van der Waals surface area contributed by atoms with Gasteiger partial charge < -0.3 is 14.4 Å². The van der Waals surface area contributed by atoms with E-state index in [9.17, 15) is 0 Å². The van der Waals surface area contributed by atoms with Gasteiger partial charge in [-0.15, -0.1) is 0 Å². The molecule has 144 valence electrons. The van der Waals surface area contributed by atoms with Gasteiger partial charge in [0.1, 0.15) is 17.6 Å². The molecule has 0 N–H and O–H groups in total. The molecule has 0 bridgehead atoms. The molecule has 2 atom stereocenters. The van der Waals surface area contributed by atoms with E-state index in [2.05, 4.69) is 21.9 Å². The number of nitrogens with zero attached hydrogens (tertiary/aromatic N) is 2. The van der Waals surface area contributed by atoms with Gasteiger partial charge in [-0.05, 0) is 48.5 Å². The van der Waals surface area contributed by atoms with E-state index in [1.165, 1.54) is 17.2 Å². The number of thioether (sulfide) groups is 1. The molecule has 0 amide bonds. The Morgan fingerprint density at radius 2 is 1.67 bits per heavy atom. The van der Waals surface area contributed by atoms with Crippen LogP contribution >= 0.6 is 23.4 Å². The summed E-state index contributed by atoms with van der Waals surface area (Å²) < 4.78 is 11.6. The molecule has 2 aliphatic heterocycles. The summed E-state index contributed by atoms with van der Waals surface area (Å²) in [4.78, 5) is 5.01. The Balaban J connectivity index is 1.47. The number of hydrogen-bond acceptors (Lipinski definition) is 5. The minimum absolute atomic E-state index is 0.183. The molecule has 4 nitrogen and oxygen atoms in total. The average Bonchev–Trinajstić information content (AvgIpc) is 2.71. The average molecular weight is 405 g/mol. The van der Waals surface area contributed by atoms with E-state index in [-0.39, 0.29) is 6.10 Å². The SMILES string of the molecule is COc1ccc(N2C[C@@H](Oc3ccc(Cl)cc3)[C@H]2CN2CCSCC2)cc1. The molecule has 2 saturated heterocycles. The first-order valence-corrected chi connectivity index (χ1v) is 10.9. The van der Waals surface area contributed by atoms with E-state index >= 15 is 0 Å². The number of benzene rings is 2. The molecule has 2 heterocycles. The highest BCUT2D eigenvalue weighted by atomic mass is 35.5. The van der Waals surface area contributed by atoms with Crippen LogP contribution in [0.25, 0.3) is 0 Å². The van der Waals surface area contributed by atoms with Crippen LogP contribution in [0.5, 0.6) is 11.5 Å². The maximum atomic E-state index is 6.30. The lowest BCUT2D eigenvalue weighted by Gasteiger charge is -2.50. The van der Waals surface area contributed by atoms with Crippen molar-refractivity contribution in [2.75, 3.05) is 49.7 Å². The van der Waals surface area contributed by atoms with E-state index in [1.54, 1.807) is 7.11 Å². The zero-order valence-corrected chi connectivity index (χ0v) is 17.1. The van der Waals surface area contributed by atoms with Crippen LogP contribution in [0, 0.1) is 0 Å². The van der Waals surface area contributed by atoms with E-state index in [0.29, 0.717) is 6.04 Å². The second-order valence-corrected chi connectivity index (χ2v) is 8.60. The van der Waals surface area contributed by atoms with Crippen LogP contribution in [0.1, 0.15) is 0 Å². The molecule has 2 aromatic carbocycles. The van der Waals surface area contributed by atoms with Crippen molar-refractivity contribution in [3.05, 3.63) is 53.6 Å². The topological polar surface area (TPSA) is 24.9 Å². The molecular formula is C21H25ClN2O2S. The van der Waals surface area contributed by atoms with E-state index < -0.39 is 0 Å². The van der Waals surface area contributed by atoms with Crippen molar-refractivity contribution in [3.63, 3.8) is 0 Å². The highest BCUT2D eigenvalue weighted by molar-refractivity contribution is 7.99. The van der Waals surface area contributed by atoms with Crippen molar-refractivity contribution < 1.29 is 9.47 Å². The summed E-state index contributed by atoms with van der Waals surface area (Å²) in [7, 11) is 1.70. The normalized spacial score (nSPS) is 23.0. The predicted octanol–water partition coefficient (Wildman–Crippen LogP) is 4.03. The lowest BCUT2D eigenvalue weighted by atomic mass is 9.96. The molecule has 0 unspecified atom stereocenters. The Morgan fingerprint density at radius 1 is 1.00 bits per heavy atom. The monoisotopic (exact) mass is 404 g/mol. The fourth-order valence-electron chi connectivity index (χ4n) is 3.65. The Morgan fingerprint density at radius 3 is 2.33 bits per heavy atom. The summed E-state index contributed by atoms with van der Waals surface area (Å²) >= 11 is 8.04. The maximum Gasteiger partial charge on any atom is 0.138 e. The summed E-state index contributed by atoms with van der Waals surface area (Å²) in [6.45, 7) is 4.24. The first kappa shape index (κ1) is 18.8. The number of methoxy groups -OCH3 is 1. The number of ether oxygens (including phenoxy) is 2. The minimum Gasteiger partial charge on any atom is -0.497 e. The lowest BCUT2D eigenvalue weighted by Crippen LogP contribution is -2.66. The van der Waals surface area contributed by atoms with Gasteiger partial charge in [-0.2, -0.15) is 11.8 Å². The smallest absolute Gasteiger partial charge is 0.138 e. The Hall–Kier alpha value is -1.56. The Bertz CT molecular complexity index is 735. The van der Waals surface area contributed by atoms with Crippen LogP contribution in [-0.4, -0.2) is 61.8 Å². The Labute approximate surface area is 170 Å². The van der Waals surface area contributed by atoms with Crippen molar-refractivity contribution >= 4 is 29.1 Å². The summed E-state index contributed by atoms with van der Waals surface area (Å²) in [5.74, 6) is 4.21. The molecule has 2 aromatic rings. The third-order valence-corrected chi connectivity index (χ3v) is 6.45. The fraction of sp³-hybridized carbons (Fsp3) is 0.429. The van der Waals surface area contributed by atoms with Gasteiger partial charge in [-0.25, -0.2) is 0 Å². The second-order valence-electron chi connectivity index (χ2n) is 6.94. The number of hydrogen-bond donors (Lipinski definition) is 0. The minimum atomic E-state index is 0.183. The molecule has 27 heavy (non-hydrogen) atoms. The van der Waals surface area contributed by atoms with Gasteiger partial charge in [0.15, 0.2) is 0 Å². The fourth-order valence-corrected chi connectivity index (χ4v) is 4.76. The van der Waals surface area contributed by atoms with E-state index in [4.69, 9.17) is 21.1 Å². The zero-order chi connectivity index (χ0) is 18.6. The third kappa shape index (κ3) is 4.48. The molecule has 0 aliphatic carbocycles. The first-order valence-electron chi connectivity index (χ1n) is 9.36. The van der Waals surface area contributed by atoms with Crippen LogP contribution in [0.3, 0.4) is 0 Å². The number of anilines is 1. The molecule has 2 aliphatic rings. The van der Waals surface area contributed by atoms with E-state index in [0.717, 1.165) is 42.7 Å². The highest BCUT2D eigenvalue weighted by Crippen LogP contribution is 2.32. The number of halogens is 1. The van der Waals surface area contributed by atoms with Crippen molar-refractivity contribution in [2.45, 2.75) is 12.1 Å². The van der Waals surface area contributed by atoms with Crippen LogP contribution < -0.4 is 14.4 Å². The molecule has 0 saturated carbocycles. The molecule has 0 spiro atoms. The van der Waals surface area contributed by atoms with Crippen molar-refractivity contribution in [2.24, 2.45) is 0 Å². The van der Waals surface area contributed by atoms with Crippen LogP contribution in [-0.2, 0) is 0 Å². The second kappa shape index (κ2) is 8.63. The molecular weight excluding hydrogens is 380 g/mol. The summed E-state index contributed by atoms with van der Waals surface area (Å²) in [5, 5.41) is 0.734. The van der Waals surface area contributed by atoms with Crippen molar-refractivity contribution in [1.82, 2.24) is 4.90 Å². The van der Waals surface area contributed by atoms with Gasteiger partial charge in [0.25, 0.3) is 0 Å². The standard InChI is InChI=1S/C21H25ClN2O2S/c1-25-18-8-4-17(5-9-18)24-15-21(26-19-6-2-16(22)3-7-19)20(24)14-23-10-12-27-13-11-23/h2-9,20-21H,10-15H2,1H3/t20-,21-/m1/s1. The summed E-state index contributed by atoms with van der Waals surface area (Å²) in [5.41, 5.74) is 1.23. The highest BCUT2D eigenvalue weighted by Gasteiger charge is 2.42. The van der Waals surface area contributed by atoms with Gasteiger partial charge >= 0.3 is 0 Å². The van der Waals surface area contributed by atoms with Crippen LogP contribution in [0.15, 0.2) is 48.5 Å². The van der Waals surface area contributed by atoms with Crippen molar-refractivity contribution in [3.8, 4) is 11.5 Å². The third-order valence-electron chi connectivity index (χ3n) is 5.26. The predicted molar refractivity (Wildman–Crippen MR) is 114 cm³/mol. The molecule has 4 rings (SSSR count). The number of rotatable bonds is 6. The molecule has 0 aromatic heterocycles. The molecule has 0 radical (unpaired) electrons. The largest absolute Gasteiger partial charge is 0.497 e. The van der Waals surface area contributed by atoms with Gasteiger partial charge in [0.05, 0.1) is 19.7 Å². The Kier molecular flexibility index (Phi) is 6.01. The maximum absolute atomic E-state index is 6.30. The summed E-state index contributed by atoms with van der Waals surface area (Å²) in [6.07, 6.45) is 0.183. The lowest BCUT2D eigenvalue weighted by molar-refractivity contribution is 0.0906. The quantitative estimate of drug-likeness (QED) is 0.723. The molecule has 2 fully saturated rings. The van der Waals surface area contributed by atoms with Crippen molar-refractivity contribution in [1.29, 1.82) is 0 Å². The van der Waals surface area contributed by atoms with Crippen LogP contribution in [0.2, 0.25) is 5.02 Å². The zero-order valence-electron chi connectivity index (χ0n) is 15.5. The van der Waals surface area contributed by atoms with Crippen LogP contribution in [0.4, 0.5) is 5.69 Å².